The van der Waals surface area contributed by atoms with Gasteiger partial charge in [-0.05, 0) is 111 Å². The number of fused-ring (bicyclic) bond motifs is 7. The molecule has 0 aliphatic heterocycles. The second-order valence-electron chi connectivity index (χ2n) is 14.0. The highest BCUT2D eigenvalue weighted by Gasteiger charge is 2.21. The number of aryl methyl sites for hydroxylation is 1. The normalized spacial score (nSPS) is 11.9. The first-order valence-corrected chi connectivity index (χ1v) is 19.9. The van der Waals surface area contributed by atoms with E-state index in [1.807, 2.05) is 11.3 Å². The summed E-state index contributed by atoms with van der Waals surface area (Å²) in [6, 6.07) is 60.8. The third-order valence-corrected chi connectivity index (χ3v) is 13.2. The molecule has 9 aromatic carbocycles. The van der Waals surface area contributed by atoms with Crippen LogP contribution in [-0.4, -0.2) is 0 Å². The van der Waals surface area contributed by atoms with Crippen LogP contribution in [0.1, 0.15) is 5.56 Å². The molecule has 0 saturated carbocycles. The molecule has 0 amide bonds. The van der Waals surface area contributed by atoms with Gasteiger partial charge in [0.25, 0.3) is 0 Å². The average Bonchev–Trinajstić information content (AvgIpc) is 3.81. The van der Waals surface area contributed by atoms with Crippen LogP contribution in [0.5, 0.6) is 0 Å². The smallest absolute Gasteiger partial charge is 0.0434 e. The van der Waals surface area contributed by atoms with E-state index in [2.05, 4.69) is 181 Å². The van der Waals surface area contributed by atoms with E-state index in [0.29, 0.717) is 0 Å². The summed E-state index contributed by atoms with van der Waals surface area (Å²) < 4.78 is 2.65. The van der Waals surface area contributed by atoms with Crippen LogP contribution in [0, 0.1) is 6.92 Å². The molecule has 0 nitrogen and oxygen atoms in total. The molecule has 0 radical (unpaired) electrons. The molecule has 248 valence electrons. The zero-order chi connectivity index (χ0) is 35.0. The molecule has 53 heavy (non-hydrogen) atoms. The second kappa shape index (κ2) is 12.0. The standard InChI is InChI=1S/C51H32S2/c1-31-29-52-30-45(31)50-41-22-11-9-20-39(41)49(40-21-10-12-23-42(40)50)44-25-13-24-43-34-27-26-33(28-46(34)53-51(43)44)48-37-18-7-5-16-35(37)47(32-14-3-2-4-15-32)36-17-6-8-19-38(36)48/h2-30H,1H3. The summed E-state index contributed by atoms with van der Waals surface area (Å²) in [6.07, 6.45) is 0. The summed E-state index contributed by atoms with van der Waals surface area (Å²) in [5.41, 5.74) is 11.7. The van der Waals surface area contributed by atoms with Gasteiger partial charge in [-0.25, -0.2) is 0 Å². The number of benzene rings is 9. The second-order valence-corrected chi connectivity index (χ2v) is 15.8. The number of hydrogen-bond acceptors (Lipinski definition) is 2. The lowest BCUT2D eigenvalue weighted by Crippen LogP contribution is -1.91. The highest BCUT2D eigenvalue weighted by atomic mass is 32.1. The lowest BCUT2D eigenvalue weighted by Gasteiger charge is -2.18. The van der Waals surface area contributed by atoms with Gasteiger partial charge in [0.1, 0.15) is 0 Å². The quantitative estimate of drug-likeness (QED) is 0.160. The molecule has 0 aliphatic carbocycles. The Morgan fingerprint density at radius 2 is 0.811 bits per heavy atom. The van der Waals surface area contributed by atoms with Crippen LogP contribution < -0.4 is 0 Å². The van der Waals surface area contributed by atoms with Crippen molar-refractivity contribution in [2.24, 2.45) is 0 Å². The molecule has 0 N–H and O–H groups in total. The van der Waals surface area contributed by atoms with E-state index in [4.69, 9.17) is 0 Å². The van der Waals surface area contributed by atoms with E-state index in [0.717, 1.165) is 0 Å². The molecule has 0 unspecified atom stereocenters. The van der Waals surface area contributed by atoms with E-state index < -0.39 is 0 Å². The third kappa shape index (κ3) is 4.59. The van der Waals surface area contributed by atoms with Crippen LogP contribution >= 0.6 is 22.7 Å². The van der Waals surface area contributed by atoms with Crippen LogP contribution in [0.4, 0.5) is 0 Å². The summed E-state index contributed by atoms with van der Waals surface area (Å²) in [4.78, 5) is 0. The molecular weight excluding hydrogens is 677 g/mol. The van der Waals surface area contributed by atoms with Crippen LogP contribution in [0.25, 0.3) is 108 Å². The summed E-state index contributed by atoms with van der Waals surface area (Å²) >= 11 is 3.71. The molecule has 0 spiro atoms. The molecule has 0 bridgehead atoms. The molecule has 0 saturated heterocycles. The minimum Gasteiger partial charge on any atom is -0.151 e. The largest absolute Gasteiger partial charge is 0.151 e. The van der Waals surface area contributed by atoms with Gasteiger partial charge < -0.3 is 0 Å². The first kappa shape index (κ1) is 30.6. The Kier molecular flexibility index (Phi) is 6.92. The van der Waals surface area contributed by atoms with Crippen LogP contribution in [0.15, 0.2) is 175 Å². The van der Waals surface area contributed by atoms with E-state index >= 15 is 0 Å². The van der Waals surface area contributed by atoms with Crippen molar-refractivity contribution in [1.82, 2.24) is 0 Å². The van der Waals surface area contributed by atoms with Gasteiger partial charge in [-0.2, -0.15) is 11.3 Å². The molecule has 2 heteroatoms. The monoisotopic (exact) mass is 708 g/mol. The maximum Gasteiger partial charge on any atom is 0.0434 e. The van der Waals surface area contributed by atoms with E-state index in [1.54, 1.807) is 11.3 Å². The summed E-state index contributed by atoms with van der Waals surface area (Å²) in [5.74, 6) is 0. The topological polar surface area (TPSA) is 0 Å². The Hall–Kier alpha value is -6.06. The van der Waals surface area contributed by atoms with Gasteiger partial charge in [-0.1, -0.05) is 158 Å². The molecule has 11 aromatic rings. The van der Waals surface area contributed by atoms with Crippen molar-refractivity contribution in [3.8, 4) is 44.5 Å². The highest BCUT2D eigenvalue weighted by molar-refractivity contribution is 7.26. The van der Waals surface area contributed by atoms with Gasteiger partial charge in [0.05, 0.1) is 0 Å². The summed E-state index contributed by atoms with van der Waals surface area (Å²) in [5, 5.41) is 17.5. The third-order valence-electron chi connectivity index (χ3n) is 11.1. The minimum atomic E-state index is 1.25. The van der Waals surface area contributed by atoms with E-state index in [-0.39, 0.29) is 0 Å². The zero-order valence-electron chi connectivity index (χ0n) is 29.1. The Balaban J connectivity index is 1.18. The average molecular weight is 709 g/mol. The van der Waals surface area contributed by atoms with Gasteiger partial charge in [0.2, 0.25) is 0 Å². The fraction of sp³-hybridized carbons (Fsp3) is 0.0196. The van der Waals surface area contributed by atoms with Crippen molar-refractivity contribution >= 4 is 85.9 Å². The zero-order valence-corrected chi connectivity index (χ0v) is 30.7. The predicted octanol–water partition coefficient (Wildman–Crippen LogP) is 15.7. The van der Waals surface area contributed by atoms with Crippen molar-refractivity contribution in [3.63, 3.8) is 0 Å². The Morgan fingerprint density at radius 1 is 0.340 bits per heavy atom. The molecule has 2 heterocycles. The van der Waals surface area contributed by atoms with Crippen molar-refractivity contribution in [1.29, 1.82) is 0 Å². The lowest BCUT2D eigenvalue weighted by molar-refractivity contribution is 1.55. The van der Waals surface area contributed by atoms with Crippen molar-refractivity contribution in [3.05, 3.63) is 180 Å². The van der Waals surface area contributed by atoms with Crippen molar-refractivity contribution in [2.45, 2.75) is 6.92 Å². The van der Waals surface area contributed by atoms with E-state index in [1.165, 1.54) is 113 Å². The first-order chi connectivity index (χ1) is 26.2. The Morgan fingerprint density at radius 3 is 1.34 bits per heavy atom. The van der Waals surface area contributed by atoms with E-state index in [9.17, 15) is 0 Å². The summed E-state index contributed by atoms with van der Waals surface area (Å²) in [7, 11) is 0. The molecule has 0 fully saturated rings. The van der Waals surface area contributed by atoms with Gasteiger partial charge in [0, 0.05) is 25.7 Å². The molecule has 11 rings (SSSR count). The number of rotatable bonds is 4. The van der Waals surface area contributed by atoms with Crippen LogP contribution in [0.2, 0.25) is 0 Å². The number of hydrogen-bond donors (Lipinski definition) is 0. The Bertz CT molecular complexity index is 3120. The van der Waals surface area contributed by atoms with Gasteiger partial charge in [-0.15, -0.1) is 11.3 Å². The van der Waals surface area contributed by atoms with Crippen molar-refractivity contribution in [2.75, 3.05) is 0 Å². The molecule has 0 atom stereocenters. The maximum atomic E-state index is 2.44. The minimum absolute atomic E-state index is 1.25. The number of thiophene rings is 2. The van der Waals surface area contributed by atoms with Crippen LogP contribution in [-0.2, 0) is 0 Å². The summed E-state index contributed by atoms with van der Waals surface area (Å²) in [6.45, 7) is 2.23. The first-order valence-electron chi connectivity index (χ1n) is 18.2. The van der Waals surface area contributed by atoms with Gasteiger partial charge in [-0.3, -0.25) is 0 Å². The molecule has 0 aliphatic rings. The molecule has 2 aromatic heterocycles. The fourth-order valence-electron chi connectivity index (χ4n) is 8.83. The lowest BCUT2D eigenvalue weighted by atomic mass is 9.85. The van der Waals surface area contributed by atoms with Gasteiger partial charge in [0.15, 0.2) is 0 Å². The van der Waals surface area contributed by atoms with Crippen LogP contribution in [0.3, 0.4) is 0 Å². The van der Waals surface area contributed by atoms with Gasteiger partial charge >= 0.3 is 0 Å². The Labute approximate surface area is 315 Å². The highest BCUT2D eigenvalue weighted by Crippen LogP contribution is 2.50. The molecular formula is C51H32S2. The SMILES string of the molecule is Cc1cscc1-c1c2ccccc2c(-c2cccc3c2sc2cc(-c4c5ccccc5c(-c5ccccc5)c5ccccc45)ccc23)c2ccccc12. The maximum absolute atomic E-state index is 2.44. The fourth-order valence-corrected chi connectivity index (χ4v) is 10.9. The predicted molar refractivity (Wildman–Crippen MR) is 234 cm³/mol. The van der Waals surface area contributed by atoms with Crippen molar-refractivity contribution < 1.29 is 0 Å².